The minimum atomic E-state index is -2.86. The summed E-state index contributed by atoms with van der Waals surface area (Å²) in [7, 11) is 0. The Morgan fingerprint density at radius 2 is 1.88 bits per heavy atom. The highest BCUT2D eigenvalue weighted by atomic mass is 32.2. The third-order valence-electron chi connectivity index (χ3n) is 2.95. The fourth-order valence-electron chi connectivity index (χ4n) is 1.80. The number of benzene rings is 2. The highest BCUT2D eigenvalue weighted by Gasteiger charge is 2.04. The zero-order valence-corrected chi connectivity index (χ0v) is 14.1. The number of anilines is 1. The van der Waals surface area contributed by atoms with E-state index in [1.54, 1.807) is 23.9 Å². The molecule has 8 heteroatoms. The van der Waals surface area contributed by atoms with Gasteiger partial charge in [-0.25, -0.2) is 0 Å². The van der Waals surface area contributed by atoms with Crippen LogP contribution in [-0.2, 0) is 9.63 Å². The van der Waals surface area contributed by atoms with Crippen molar-refractivity contribution in [3.63, 3.8) is 0 Å². The lowest BCUT2D eigenvalue weighted by Crippen LogP contribution is -2.16. The molecule has 5 nitrogen and oxygen atoms in total. The number of ether oxygens (including phenoxy) is 1. The van der Waals surface area contributed by atoms with Crippen molar-refractivity contribution < 1.29 is 23.1 Å². The van der Waals surface area contributed by atoms with Crippen molar-refractivity contribution in [2.45, 2.75) is 11.5 Å². The quantitative estimate of drug-likeness (QED) is 0.436. The highest BCUT2D eigenvalue weighted by Crippen LogP contribution is 2.17. The van der Waals surface area contributed by atoms with Crippen molar-refractivity contribution in [2.24, 2.45) is 5.16 Å². The second-order valence-corrected chi connectivity index (χ2v) is 5.61. The van der Waals surface area contributed by atoms with Crippen LogP contribution in [-0.4, -0.2) is 31.6 Å². The molecule has 0 saturated carbocycles. The molecule has 2 rings (SSSR count). The van der Waals surface area contributed by atoms with Gasteiger partial charge in [0, 0.05) is 10.6 Å². The number of hydrogen-bond donors (Lipinski definition) is 1. The monoisotopic (exact) mass is 366 g/mol. The zero-order valence-electron chi connectivity index (χ0n) is 13.3. The van der Waals surface area contributed by atoms with Crippen molar-refractivity contribution in [3.8, 4) is 5.75 Å². The van der Waals surface area contributed by atoms with Crippen LogP contribution in [0.15, 0.2) is 58.6 Å². The molecular formula is C17H16F2N2O3S. The molecular weight excluding hydrogens is 350 g/mol. The van der Waals surface area contributed by atoms with Crippen LogP contribution in [0.2, 0.25) is 0 Å². The van der Waals surface area contributed by atoms with Crippen LogP contribution in [0.25, 0.3) is 0 Å². The molecule has 132 valence electrons. The lowest BCUT2D eigenvalue weighted by Gasteiger charge is -2.05. The van der Waals surface area contributed by atoms with Crippen LogP contribution in [0.1, 0.15) is 5.56 Å². The molecule has 25 heavy (non-hydrogen) atoms. The summed E-state index contributed by atoms with van der Waals surface area (Å²) in [5, 5.41) is 6.35. The number of halogens is 2. The topological polar surface area (TPSA) is 59.9 Å². The first-order chi connectivity index (χ1) is 12.1. The van der Waals surface area contributed by atoms with Gasteiger partial charge in [0.25, 0.3) is 5.91 Å². The lowest BCUT2D eigenvalue weighted by molar-refractivity contribution is -0.120. The van der Waals surface area contributed by atoms with Crippen molar-refractivity contribution in [1.82, 2.24) is 0 Å². The van der Waals surface area contributed by atoms with Gasteiger partial charge in [0.2, 0.25) is 0 Å². The molecule has 0 atom stereocenters. The van der Waals surface area contributed by atoms with Crippen LogP contribution in [0.4, 0.5) is 14.5 Å². The largest absolute Gasteiger partial charge is 0.435 e. The van der Waals surface area contributed by atoms with Crippen molar-refractivity contribution in [2.75, 3.05) is 18.2 Å². The molecule has 0 saturated heterocycles. The lowest BCUT2D eigenvalue weighted by atomic mass is 10.2. The zero-order chi connectivity index (χ0) is 18.1. The van der Waals surface area contributed by atoms with Gasteiger partial charge in [0.1, 0.15) is 5.75 Å². The summed E-state index contributed by atoms with van der Waals surface area (Å²) in [4.78, 5) is 17.7. The van der Waals surface area contributed by atoms with E-state index in [-0.39, 0.29) is 18.3 Å². The van der Waals surface area contributed by atoms with Gasteiger partial charge in [-0.3, -0.25) is 4.79 Å². The van der Waals surface area contributed by atoms with E-state index in [4.69, 9.17) is 4.84 Å². The van der Waals surface area contributed by atoms with Gasteiger partial charge in [0.05, 0.1) is 6.21 Å². The van der Waals surface area contributed by atoms with Crippen molar-refractivity contribution in [1.29, 1.82) is 0 Å². The molecule has 0 aliphatic heterocycles. The fraction of sp³-hybridized carbons (Fsp3) is 0.176. The Balaban J connectivity index is 1.75. The Labute approximate surface area is 148 Å². The first-order valence-corrected chi connectivity index (χ1v) is 8.43. The maximum atomic E-state index is 12.0. The van der Waals surface area contributed by atoms with Gasteiger partial charge in [-0.2, -0.15) is 8.78 Å². The molecule has 1 amide bonds. The van der Waals surface area contributed by atoms with Gasteiger partial charge in [0.15, 0.2) is 6.61 Å². The minimum Gasteiger partial charge on any atom is -0.435 e. The Morgan fingerprint density at radius 3 is 2.48 bits per heavy atom. The number of carbonyl (C=O) groups is 1. The van der Waals surface area contributed by atoms with Gasteiger partial charge in [-0.15, -0.1) is 11.8 Å². The summed E-state index contributed by atoms with van der Waals surface area (Å²) in [6.45, 7) is -3.11. The number of alkyl halides is 2. The molecule has 0 radical (unpaired) electrons. The summed E-state index contributed by atoms with van der Waals surface area (Å²) < 4.78 is 28.3. The number of oxime groups is 1. The molecule has 0 bridgehead atoms. The number of rotatable bonds is 8. The van der Waals surface area contributed by atoms with E-state index in [9.17, 15) is 13.6 Å². The third kappa shape index (κ3) is 6.80. The molecule has 0 aliphatic carbocycles. The number of nitrogens with zero attached hydrogens (tertiary/aromatic N) is 1. The SMILES string of the molecule is CSc1ccc(NC(=O)CO/N=C/c2ccc(OC(F)F)cc2)cc1. The van der Waals surface area contributed by atoms with Crippen LogP contribution in [0.5, 0.6) is 5.75 Å². The van der Waals surface area contributed by atoms with Crippen LogP contribution in [0, 0.1) is 0 Å². The van der Waals surface area contributed by atoms with Crippen LogP contribution >= 0.6 is 11.8 Å². The van der Waals surface area contributed by atoms with E-state index in [2.05, 4.69) is 15.2 Å². The minimum absolute atomic E-state index is 0.0555. The van der Waals surface area contributed by atoms with Crippen LogP contribution < -0.4 is 10.1 Å². The standard InChI is InChI=1S/C17H16F2N2O3S/c1-25-15-8-4-13(5-9-15)21-16(22)11-23-20-10-12-2-6-14(7-3-12)24-17(18)19/h2-10,17H,11H2,1H3,(H,21,22)/b20-10+. The summed E-state index contributed by atoms with van der Waals surface area (Å²) in [5.41, 5.74) is 1.29. The molecule has 2 aromatic carbocycles. The first kappa shape index (κ1) is 18.7. The van der Waals surface area contributed by atoms with E-state index in [0.717, 1.165) is 4.90 Å². The number of hydrogen-bond acceptors (Lipinski definition) is 5. The number of carbonyl (C=O) groups excluding carboxylic acids is 1. The second kappa shape index (κ2) is 9.63. The van der Waals surface area contributed by atoms with E-state index >= 15 is 0 Å². The predicted octanol–water partition coefficient (Wildman–Crippen LogP) is 4.00. The van der Waals surface area contributed by atoms with Crippen molar-refractivity contribution in [3.05, 3.63) is 54.1 Å². The summed E-state index contributed by atoms with van der Waals surface area (Å²) in [5.74, 6) is -0.283. The average Bonchev–Trinajstić information content (AvgIpc) is 2.60. The average molecular weight is 366 g/mol. The van der Waals surface area contributed by atoms with Crippen LogP contribution in [0.3, 0.4) is 0 Å². The molecule has 0 unspecified atom stereocenters. The number of amides is 1. The first-order valence-electron chi connectivity index (χ1n) is 7.21. The summed E-state index contributed by atoms with van der Waals surface area (Å²) >= 11 is 1.61. The van der Waals surface area contributed by atoms with E-state index in [0.29, 0.717) is 11.3 Å². The predicted molar refractivity (Wildman–Crippen MR) is 93.5 cm³/mol. The molecule has 0 heterocycles. The number of nitrogens with one attached hydrogen (secondary N) is 1. The molecule has 0 aromatic heterocycles. The maximum absolute atomic E-state index is 12.0. The molecule has 0 spiro atoms. The van der Waals surface area contributed by atoms with Gasteiger partial charge >= 0.3 is 6.61 Å². The smallest absolute Gasteiger partial charge is 0.387 e. The molecule has 0 aliphatic rings. The van der Waals surface area contributed by atoms with Crippen molar-refractivity contribution >= 4 is 29.6 Å². The summed E-state index contributed by atoms with van der Waals surface area (Å²) in [6.07, 6.45) is 3.34. The Kier molecular flexibility index (Phi) is 7.21. The second-order valence-electron chi connectivity index (χ2n) is 4.73. The Morgan fingerprint density at radius 1 is 1.20 bits per heavy atom. The van der Waals surface area contributed by atoms with Gasteiger partial charge < -0.3 is 14.9 Å². The number of thioether (sulfide) groups is 1. The highest BCUT2D eigenvalue weighted by molar-refractivity contribution is 7.98. The van der Waals surface area contributed by atoms with Gasteiger partial charge in [-0.1, -0.05) is 5.16 Å². The normalized spacial score (nSPS) is 10.9. The fourth-order valence-corrected chi connectivity index (χ4v) is 2.21. The summed E-state index contributed by atoms with van der Waals surface area (Å²) in [6, 6.07) is 13.3. The Bertz CT molecular complexity index is 707. The maximum Gasteiger partial charge on any atom is 0.387 e. The van der Waals surface area contributed by atoms with E-state index < -0.39 is 6.61 Å². The van der Waals surface area contributed by atoms with E-state index in [1.807, 2.05) is 18.4 Å². The van der Waals surface area contributed by atoms with E-state index in [1.165, 1.54) is 30.5 Å². The Hall–Kier alpha value is -2.61. The van der Waals surface area contributed by atoms with Gasteiger partial charge in [-0.05, 0) is 60.4 Å². The molecule has 1 N–H and O–H groups in total. The molecule has 0 fully saturated rings. The molecule has 2 aromatic rings. The third-order valence-corrected chi connectivity index (χ3v) is 3.69.